The number of rotatable bonds is 5. The Morgan fingerprint density at radius 3 is 2.60 bits per heavy atom. The van der Waals surface area contributed by atoms with E-state index in [0.29, 0.717) is 6.61 Å². The number of anilines is 1. The fraction of sp³-hybridized carbons (Fsp3) is 0.167. The van der Waals surface area contributed by atoms with Crippen LogP contribution in [0.25, 0.3) is 0 Å². The van der Waals surface area contributed by atoms with Crippen LogP contribution in [-0.2, 0) is 10.0 Å². The van der Waals surface area contributed by atoms with E-state index in [2.05, 4.69) is 14.7 Å². The third-order valence-electron chi connectivity index (χ3n) is 2.26. The number of halogens is 1. The number of hydrogen-bond donors (Lipinski definition) is 1. The average Bonchev–Trinajstić information content (AvgIpc) is 2.41. The third kappa shape index (κ3) is 3.41. The molecule has 8 heteroatoms. The van der Waals surface area contributed by atoms with Crippen LogP contribution in [0.5, 0.6) is 6.01 Å². The van der Waals surface area contributed by atoms with Crippen LogP contribution in [0.2, 0.25) is 0 Å². The number of benzene rings is 1. The Morgan fingerprint density at radius 2 is 2.00 bits per heavy atom. The van der Waals surface area contributed by atoms with Crippen molar-refractivity contribution in [3.05, 3.63) is 42.5 Å². The third-order valence-corrected chi connectivity index (χ3v) is 3.64. The molecule has 1 aromatic carbocycles. The summed E-state index contributed by atoms with van der Waals surface area (Å²) in [6.07, 6.45) is 2.55. The van der Waals surface area contributed by atoms with Crippen molar-refractivity contribution in [2.75, 3.05) is 11.3 Å². The zero-order valence-electron chi connectivity index (χ0n) is 10.6. The monoisotopic (exact) mass is 297 g/mol. The maximum atomic E-state index is 13.0. The minimum absolute atomic E-state index is 0.154. The van der Waals surface area contributed by atoms with Gasteiger partial charge in [-0.1, -0.05) is 6.07 Å². The Balaban J connectivity index is 2.20. The summed E-state index contributed by atoms with van der Waals surface area (Å²) in [5, 5.41) is 0. The summed E-state index contributed by atoms with van der Waals surface area (Å²) in [4.78, 5) is 7.48. The van der Waals surface area contributed by atoms with Gasteiger partial charge in [0.1, 0.15) is 5.82 Å². The van der Waals surface area contributed by atoms with Gasteiger partial charge in [0.25, 0.3) is 10.0 Å². The molecule has 0 fully saturated rings. The minimum Gasteiger partial charge on any atom is -0.464 e. The first-order valence-corrected chi connectivity index (χ1v) is 7.23. The molecule has 2 rings (SSSR count). The van der Waals surface area contributed by atoms with Crippen molar-refractivity contribution >= 4 is 15.7 Å². The Morgan fingerprint density at radius 1 is 1.30 bits per heavy atom. The van der Waals surface area contributed by atoms with Crippen molar-refractivity contribution in [1.82, 2.24) is 9.97 Å². The Kier molecular flexibility index (Phi) is 4.14. The van der Waals surface area contributed by atoms with Gasteiger partial charge in [-0.3, -0.25) is 4.72 Å². The second-order valence-electron chi connectivity index (χ2n) is 3.75. The summed E-state index contributed by atoms with van der Waals surface area (Å²) in [7, 11) is -3.87. The average molecular weight is 297 g/mol. The van der Waals surface area contributed by atoms with Crippen molar-refractivity contribution < 1.29 is 17.5 Å². The number of nitrogens with one attached hydrogen (secondary N) is 1. The van der Waals surface area contributed by atoms with Crippen LogP contribution >= 0.6 is 0 Å². The topological polar surface area (TPSA) is 81.2 Å². The number of ether oxygens (including phenoxy) is 1. The summed E-state index contributed by atoms with van der Waals surface area (Å²) >= 11 is 0. The van der Waals surface area contributed by atoms with Crippen molar-refractivity contribution in [3.8, 4) is 6.01 Å². The summed E-state index contributed by atoms with van der Waals surface area (Å²) in [5.74, 6) is -0.629. The lowest BCUT2D eigenvalue weighted by Gasteiger charge is -2.08. The standard InChI is InChI=1S/C12H12FN3O3S/c1-2-19-12-14-7-10(8-15-12)16-20(17,18)11-5-3-4-9(13)6-11/h3-8,16H,2H2,1H3. The number of sulfonamides is 1. The molecule has 1 N–H and O–H groups in total. The van der Waals surface area contributed by atoms with E-state index in [1.165, 1.54) is 30.6 Å². The maximum Gasteiger partial charge on any atom is 0.316 e. The van der Waals surface area contributed by atoms with Gasteiger partial charge in [0.2, 0.25) is 0 Å². The van der Waals surface area contributed by atoms with Crippen molar-refractivity contribution in [2.45, 2.75) is 11.8 Å². The Labute approximate surface area is 115 Å². The number of aromatic nitrogens is 2. The van der Waals surface area contributed by atoms with E-state index >= 15 is 0 Å². The number of hydrogen-bond acceptors (Lipinski definition) is 5. The molecule has 0 amide bonds. The predicted octanol–water partition coefficient (Wildman–Crippen LogP) is 1.82. The highest BCUT2D eigenvalue weighted by Gasteiger charge is 2.15. The smallest absolute Gasteiger partial charge is 0.316 e. The molecule has 1 aromatic heterocycles. The summed E-state index contributed by atoms with van der Waals surface area (Å²) < 4.78 is 44.3. The fourth-order valence-electron chi connectivity index (χ4n) is 1.42. The quantitative estimate of drug-likeness (QED) is 0.910. The first-order chi connectivity index (χ1) is 9.51. The highest BCUT2D eigenvalue weighted by atomic mass is 32.2. The van der Waals surface area contributed by atoms with Gasteiger partial charge in [0, 0.05) is 0 Å². The first-order valence-electron chi connectivity index (χ1n) is 5.74. The fourth-order valence-corrected chi connectivity index (χ4v) is 2.48. The van der Waals surface area contributed by atoms with Crippen molar-refractivity contribution in [2.24, 2.45) is 0 Å². The van der Waals surface area contributed by atoms with Crippen LogP contribution in [-0.4, -0.2) is 25.0 Å². The Bertz CT molecular complexity index is 689. The van der Waals surface area contributed by atoms with Gasteiger partial charge in [-0.25, -0.2) is 22.8 Å². The predicted molar refractivity (Wildman–Crippen MR) is 70.4 cm³/mol. The summed E-state index contributed by atoms with van der Waals surface area (Å²) in [5.41, 5.74) is 0.165. The molecule has 0 saturated carbocycles. The molecule has 0 aliphatic rings. The molecule has 0 aliphatic heterocycles. The van der Waals surface area contributed by atoms with Crippen LogP contribution in [0.1, 0.15) is 6.92 Å². The lowest BCUT2D eigenvalue weighted by atomic mass is 10.4. The Hall–Kier alpha value is -2.22. The molecule has 0 aliphatic carbocycles. The maximum absolute atomic E-state index is 13.0. The second kappa shape index (κ2) is 5.83. The lowest BCUT2D eigenvalue weighted by Crippen LogP contribution is -2.13. The SMILES string of the molecule is CCOc1ncc(NS(=O)(=O)c2cccc(F)c2)cn1. The van der Waals surface area contributed by atoms with Gasteiger partial charge in [-0.2, -0.15) is 0 Å². The van der Waals surface area contributed by atoms with Crippen LogP contribution in [0, 0.1) is 5.82 Å². The van der Waals surface area contributed by atoms with E-state index in [0.717, 1.165) is 6.07 Å². The summed E-state index contributed by atoms with van der Waals surface area (Å²) in [6.45, 7) is 2.19. The van der Waals surface area contributed by atoms with Gasteiger partial charge in [0.15, 0.2) is 0 Å². The van der Waals surface area contributed by atoms with E-state index in [1.807, 2.05) is 0 Å². The van der Waals surface area contributed by atoms with Gasteiger partial charge in [0.05, 0.1) is 29.6 Å². The van der Waals surface area contributed by atoms with E-state index in [4.69, 9.17) is 4.74 Å². The van der Waals surface area contributed by atoms with E-state index < -0.39 is 15.8 Å². The highest BCUT2D eigenvalue weighted by Crippen LogP contribution is 2.16. The lowest BCUT2D eigenvalue weighted by molar-refractivity contribution is 0.312. The molecule has 0 radical (unpaired) electrons. The van der Waals surface area contributed by atoms with Crippen LogP contribution in [0.15, 0.2) is 41.6 Å². The van der Waals surface area contributed by atoms with Crippen molar-refractivity contribution in [3.63, 3.8) is 0 Å². The molecule has 2 aromatic rings. The molecular formula is C12H12FN3O3S. The zero-order valence-corrected chi connectivity index (χ0v) is 11.4. The second-order valence-corrected chi connectivity index (χ2v) is 5.43. The van der Waals surface area contributed by atoms with E-state index in [-0.39, 0.29) is 16.6 Å². The molecule has 1 heterocycles. The molecule has 106 valence electrons. The molecule has 0 atom stereocenters. The molecule has 0 spiro atoms. The number of nitrogens with zero attached hydrogens (tertiary/aromatic N) is 2. The molecule has 20 heavy (non-hydrogen) atoms. The largest absolute Gasteiger partial charge is 0.464 e. The molecule has 6 nitrogen and oxygen atoms in total. The van der Waals surface area contributed by atoms with Crippen LogP contribution < -0.4 is 9.46 Å². The van der Waals surface area contributed by atoms with E-state index in [1.54, 1.807) is 6.92 Å². The first kappa shape index (κ1) is 14.2. The normalized spacial score (nSPS) is 11.1. The van der Waals surface area contributed by atoms with Crippen molar-refractivity contribution in [1.29, 1.82) is 0 Å². The van der Waals surface area contributed by atoms with Crippen LogP contribution in [0.4, 0.5) is 10.1 Å². The minimum atomic E-state index is -3.87. The van der Waals surface area contributed by atoms with Gasteiger partial charge in [-0.05, 0) is 25.1 Å². The van der Waals surface area contributed by atoms with Gasteiger partial charge in [-0.15, -0.1) is 0 Å². The van der Waals surface area contributed by atoms with Gasteiger partial charge >= 0.3 is 6.01 Å². The molecule has 0 unspecified atom stereocenters. The van der Waals surface area contributed by atoms with Gasteiger partial charge < -0.3 is 4.74 Å². The summed E-state index contributed by atoms with van der Waals surface area (Å²) in [6, 6.07) is 4.86. The molecule has 0 saturated heterocycles. The van der Waals surface area contributed by atoms with Crippen LogP contribution in [0.3, 0.4) is 0 Å². The van der Waals surface area contributed by atoms with E-state index in [9.17, 15) is 12.8 Å². The molecular weight excluding hydrogens is 285 g/mol. The highest BCUT2D eigenvalue weighted by molar-refractivity contribution is 7.92. The molecule has 0 bridgehead atoms. The zero-order chi connectivity index (χ0) is 14.6.